The fraction of sp³-hybridized carbons (Fsp3) is 0.320. The van der Waals surface area contributed by atoms with E-state index in [0.29, 0.717) is 17.0 Å². The lowest BCUT2D eigenvalue weighted by Crippen LogP contribution is -2.00. The fourth-order valence-electron chi connectivity index (χ4n) is 3.36. The van der Waals surface area contributed by atoms with Crippen molar-refractivity contribution in [2.24, 2.45) is 0 Å². The fourth-order valence-corrected chi connectivity index (χ4v) is 3.36. The van der Waals surface area contributed by atoms with Crippen LogP contribution in [0, 0.1) is 11.3 Å². The highest BCUT2D eigenvalue weighted by Gasteiger charge is 2.14. The lowest BCUT2D eigenvalue weighted by Gasteiger charge is -2.11. The van der Waals surface area contributed by atoms with E-state index >= 15 is 0 Å². The Hall–Kier alpha value is -3.39. The number of nitrogens with two attached hydrogens (primary N) is 1. The molecule has 1 aromatic carbocycles. The number of nitrogen functional groups attached to an aromatic ring is 1. The Bertz CT molecular complexity index is 979. The molecule has 2 heterocycles. The number of aromatic nitrogens is 2. The summed E-state index contributed by atoms with van der Waals surface area (Å²) in [6.07, 6.45) is 9.14. The Morgan fingerprint density at radius 1 is 0.967 bits per heavy atom. The van der Waals surface area contributed by atoms with Gasteiger partial charge in [0.05, 0.1) is 18.0 Å². The predicted octanol–water partition coefficient (Wildman–Crippen LogP) is 6.00. The molecule has 5 heteroatoms. The first-order valence-corrected chi connectivity index (χ1v) is 10.6. The zero-order chi connectivity index (χ0) is 21.2. The lowest BCUT2D eigenvalue weighted by atomic mass is 9.99. The Morgan fingerprint density at radius 3 is 2.43 bits per heavy atom. The number of rotatable bonds is 10. The van der Waals surface area contributed by atoms with Crippen molar-refractivity contribution in [3.05, 3.63) is 60.3 Å². The van der Waals surface area contributed by atoms with Crippen molar-refractivity contribution in [2.45, 2.75) is 45.4 Å². The molecule has 0 radical (unpaired) electrons. The van der Waals surface area contributed by atoms with Gasteiger partial charge in [-0.3, -0.25) is 4.98 Å². The van der Waals surface area contributed by atoms with E-state index in [4.69, 9.17) is 10.5 Å². The molecule has 0 saturated heterocycles. The molecular weight excluding hydrogens is 372 g/mol. The molecular formula is C25H28N4O. The van der Waals surface area contributed by atoms with E-state index in [9.17, 15) is 5.26 Å². The topological polar surface area (TPSA) is 84.8 Å². The summed E-state index contributed by atoms with van der Waals surface area (Å²) in [6, 6.07) is 17.4. The smallest absolute Gasteiger partial charge is 0.142 e. The van der Waals surface area contributed by atoms with Crippen molar-refractivity contribution in [3.8, 4) is 34.3 Å². The standard InChI is InChI=1S/C25H28N4O/c1-2-3-4-5-6-9-16-30-20-13-11-19(12-14-20)21-17-24(23-10-7-8-15-28-23)29-25(27)22(21)18-26/h7-8,10-15,17H,2-6,9,16H2,1H3,(H2,27,29). The van der Waals surface area contributed by atoms with Crippen molar-refractivity contribution < 1.29 is 4.74 Å². The van der Waals surface area contributed by atoms with Crippen molar-refractivity contribution >= 4 is 5.82 Å². The predicted molar refractivity (Wildman–Crippen MR) is 121 cm³/mol. The number of nitriles is 1. The van der Waals surface area contributed by atoms with Gasteiger partial charge in [-0.2, -0.15) is 5.26 Å². The minimum absolute atomic E-state index is 0.207. The van der Waals surface area contributed by atoms with Crippen LogP contribution in [0.4, 0.5) is 5.82 Å². The molecule has 30 heavy (non-hydrogen) atoms. The summed E-state index contributed by atoms with van der Waals surface area (Å²) in [5.74, 6) is 1.04. The van der Waals surface area contributed by atoms with Crippen LogP contribution in [-0.2, 0) is 0 Å². The van der Waals surface area contributed by atoms with Crippen LogP contribution in [0.1, 0.15) is 51.0 Å². The molecule has 0 saturated carbocycles. The number of hydrogen-bond donors (Lipinski definition) is 1. The number of pyridine rings is 2. The summed E-state index contributed by atoms with van der Waals surface area (Å²) in [6.45, 7) is 2.95. The third-order valence-electron chi connectivity index (χ3n) is 5.02. The molecule has 0 atom stereocenters. The maximum absolute atomic E-state index is 9.59. The molecule has 0 spiro atoms. The Labute approximate surface area is 178 Å². The number of nitrogens with zero attached hydrogens (tertiary/aromatic N) is 3. The largest absolute Gasteiger partial charge is 0.494 e. The maximum atomic E-state index is 9.59. The molecule has 0 aliphatic heterocycles. The molecule has 0 bridgehead atoms. The van der Waals surface area contributed by atoms with Crippen LogP contribution in [0.3, 0.4) is 0 Å². The molecule has 3 rings (SSSR count). The highest BCUT2D eigenvalue weighted by Crippen LogP contribution is 2.31. The SMILES string of the molecule is CCCCCCCCOc1ccc(-c2cc(-c3ccccn3)nc(N)c2C#N)cc1. The number of ether oxygens (including phenoxy) is 1. The van der Waals surface area contributed by atoms with Crippen LogP contribution in [0.15, 0.2) is 54.7 Å². The second-order valence-electron chi connectivity index (χ2n) is 7.28. The summed E-state index contributed by atoms with van der Waals surface area (Å²) < 4.78 is 5.86. The number of anilines is 1. The van der Waals surface area contributed by atoms with Gasteiger partial charge < -0.3 is 10.5 Å². The molecule has 0 aliphatic carbocycles. The van der Waals surface area contributed by atoms with Crippen LogP contribution < -0.4 is 10.5 Å². The molecule has 3 aromatic rings. The van der Waals surface area contributed by atoms with Gasteiger partial charge >= 0.3 is 0 Å². The summed E-state index contributed by atoms with van der Waals surface area (Å²) in [5, 5.41) is 9.59. The van der Waals surface area contributed by atoms with Crippen LogP contribution in [-0.4, -0.2) is 16.6 Å². The first-order valence-electron chi connectivity index (χ1n) is 10.6. The highest BCUT2D eigenvalue weighted by molar-refractivity contribution is 5.79. The molecule has 0 unspecified atom stereocenters. The second-order valence-corrected chi connectivity index (χ2v) is 7.28. The molecule has 5 nitrogen and oxygen atoms in total. The van der Waals surface area contributed by atoms with Crippen molar-refractivity contribution in [2.75, 3.05) is 12.3 Å². The van der Waals surface area contributed by atoms with Gasteiger partial charge in [0, 0.05) is 11.8 Å². The summed E-state index contributed by atoms with van der Waals surface area (Å²) in [7, 11) is 0. The molecule has 0 amide bonds. The van der Waals surface area contributed by atoms with Crippen LogP contribution in [0.2, 0.25) is 0 Å². The zero-order valence-corrected chi connectivity index (χ0v) is 17.5. The van der Waals surface area contributed by atoms with Gasteiger partial charge in [0.15, 0.2) is 0 Å². The van der Waals surface area contributed by atoms with E-state index in [-0.39, 0.29) is 5.82 Å². The van der Waals surface area contributed by atoms with Crippen LogP contribution in [0.25, 0.3) is 22.5 Å². The van der Waals surface area contributed by atoms with E-state index in [1.54, 1.807) is 6.20 Å². The van der Waals surface area contributed by atoms with E-state index in [1.807, 2.05) is 48.5 Å². The summed E-state index contributed by atoms with van der Waals surface area (Å²) in [5.41, 5.74) is 9.44. The van der Waals surface area contributed by atoms with Gasteiger partial charge in [0.2, 0.25) is 0 Å². The van der Waals surface area contributed by atoms with E-state index < -0.39 is 0 Å². The summed E-state index contributed by atoms with van der Waals surface area (Å²) in [4.78, 5) is 8.70. The number of hydrogen-bond acceptors (Lipinski definition) is 5. The first-order chi connectivity index (χ1) is 14.7. The second kappa shape index (κ2) is 11.0. The monoisotopic (exact) mass is 400 g/mol. The van der Waals surface area contributed by atoms with Gasteiger partial charge in [-0.25, -0.2) is 4.98 Å². The molecule has 2 N–H and O–H groups in total. The van der Waals surface area contributed by atoms with Gasteiger partial charge in [-0.1, -0.05) is 57.2 Å². The molecule has 2 aromatic heterocycles. The Balaban J connectivity index is 1.71. The lowest BCUT2D eigenvalue weighted by molar-refractivity contribution is 0.304. The third kappa shape index (κ3) is 5.57. The van der Waals surface area contributed by atoms with Gasteiger partial charge in [-0.05, 0) is 42.3 Å². The van der Waals surface area contributed by atoms with Crippen molar-refractivity contribution in [3.63, 3.8) is 0 Å². The quantitative estimate of drug-likeness (QED) is 0.422. The third-order valence-corrected chi connectivity index (χ3v) is 5.02. The summed E-state index contributed by atoms with van der Waals surface area (Å²) >= 11 is 0. The first kappa shape index (κ1) is 21.3. The minimum Gasteiger partial charge on any atom is -0.494 e. The highest BCUT2D eigenvalue weighted by atomic mass is 16.5. The average Bonchev–Trinajstić information content (AvgIpc) is 2.79. The van der Waals surface area contributed by atoms with E-state index in [2.05, 4.69) is 23.0 Å². The van der Waals surface area contributed by atoms with Crippen LogP contribution in [0.5, 0.6) is 5.75 Å². The van der Waals surface area contributed by atoms with Crippen molar-refractivity contribution in [1.29, 1.82) is 5.26 Å². The van der Waals surface area contributed by atoms with Gasteiger partial charge in [-0.15, -0.1) is 0 Å². The van der Waals surface area contributed by atoms with Gasteiger partial charge in [0.25, 0.3) is 0 Å². The minimum atomic E-state index is 0.207. The Morgan fingerprint density at radius 2 is 1.73 bits per heavy atom. The molecule has 0 aliphatic rings. The van der Waals surface area contributed by atoms with E-state index in [0.717, 1.165) is 29.9 Å². The molecule has 154 valence electrons. The van der Waals surface area contributed by atoms with Crippen LogP contribution >= 0.6 is 0 Å². The number of unbranched alkanes of at least 4 members (excludes halogenated alkanes) is 5. The average molecular weight is 401 g/mol. The van der Waals surface area contributed by atoms with E-state index in [1.165, 1.54) is 32.1 Å². The maximum Gasteiger partial charge on any atom is 0.142 e. The Kier molecular flexibility index (Phi) is 7.79. The normalized spacial score (nSPS) is 10.5. The zero-order valence-electron chi connectivity index (χ0n) is 17.5. The number of benzene rings is 1. The van der Waals surface area contributed by atoms with Crippen molar-refractivity contribution in [1.82, 2.24) is 9.97 Å². The molecule has 0 fully saturated rings. The van der Waals surface area contributed by atoms with Gasteiger partial charge in [0.1, 0.15) is 23.2 Å².